The molecule has 1 N–H and O–H groups in total. The number of allylic oxidation sites excluding steroid dienone is 1. The minimum Gasteiger partial charge on any atom is -0.478 e. The molecule has 1 aromatic carbocycles. The molecule has 1 aliphatic heterocycles. The smallest absolute Gasteiger partial charge is 0.328 e. The van der Waals surface area contributed by atoms with E-state index < -0.39 is 5.97 Å². The van der Waals surface area contributed by atoms with E-state index in [0.717, 1.165) is 18.4 Å². The molecule has 0 unspecified atom stereocenters. The van der Waals surface area contributed by atoms with E-state index >= 15 is 0 Å². The molecule has 0 amide bonds. The number of carboxylic acid groups (broad SMARTS) is 1. The molecule has 3 heteroatoms. The van der Waals surface area contributed by atoms with E-state index in [-0.39, 0.29) is 0 Å². The summed E-state index contributed by atoms with van der Waals surface area (Å²) in [5.41, 5.74) is 3.48. The minimum atomic E-state index is -0.847. The summed E-state index contributed by atoms with van der Waals surface area (Å²) in [4.78, 5) is 10.7. The highest BCUT2D eigenvalue weighted by atomic mass is 16.4. The molecule has 0 saturated carbocycles. The van der Waals surface area contributed by atoms with Crippen LogP contribution in [0.3, 0.4) is 0 Å². The van der Waals surface area contributed by atoms with Gasteiger partial charge in [0, 0.05) is 23.8 Å². The Bertz CT molecular complexity index is 622. The number of benzene rings is 1. The van der Waals surface area contributed by atoms with E-state index in [4.69, 9.17) is 5.11 Å². The highest BCUT2D eigenvalue weighted by Crippen LogP contribution is 2.27. The molecular weight excluding hydrogens is 214 g/mol. The number of fused-ring (bicyclic) bond motifs is 3. The summed E-state index contributed by atoms with van der Waals surface area (Å²) in [5, 5.41) is 10.0. The quantitative estimate of drug-likeness (QED) is 0.761. The number of nitrogens with zero attached hydrogens (tertiary/aromatic N) is 1. The number of carbonyl (C=O) groups is 1. The van der Waals surface area contributed by atoms with Crippen LogP contribution in [0.1, 0.15) is 12.1 Å². The third-order valence-corrected chi connectivity index (χ3v) is 3.29. The van der Waals surface area contributed by atoms with Crippen molar-refractivity contribution in [1.29, 1.82) is 0 Å². The molecule has 0 saturated heterocycles. The number of aliphatic carboxylic acids is 1. The number of aryl methyl sites for hydroxylation is 1. The first-order valence-corrected chi connectivity index (χ1v) is 5.73. The molecule has 2 heterocycles. The number of para-hydroxylation sites is 1. The van der Waals surface area contributed by atoms with Gasteiger partial charge in [0.15, 0.2) is 0 Å². The first-order chi connectivity index (χ1) is 8.24. The fourth-order valence-electron chi connectivity index (χ4n) is 2.52. The van der Waals surface area contributed by atoms with Crippen molar-refractivity contribution < 1.29 is 9.90 Å². The fourth-order valence-corrected chi connectivity index (χ4v) is 2.52. The molecule has 3 nitrogen and oxygen atoms in total. The molecule has 1 aliphatic rings. The Balaban J connectivity index is 2.09. The summed E-state index contributed by atoms with van der Waals surface area (Å²) in [6.45, 7) is 0.704. The highest BCUT2D eigenvalue weighted by molar-refractivity contribution is 5.83. The highest BCUT2D eigenvalue weighted by Gasteiger charge is 2.16. The van der Waals surface area contributed by atoms with Gasteiger partial charge in [0.05, 0.1) is 0 Å². The zero-order chi connectivity index (χ0) is 11.8. The Kier molecular flexibility index (Phi) is 2.25. The molecule has 3 rings (SSSR count). The van der Waals surface area contributed by atoms with Gasteiger partial charge in [-0.15, -0.1) is 0 Å². The molecule has 0 spiro atoms. The largest absolute Gasteiger partial charge is 0.478 e. The van der Waals surface area contributed by atoms with Crippen LogP contribution in [0.2, 0.25) is 0 Å². The predicted molar refractivity (Wildman–Crippen MR) is 66.0 cm³/mol. The SMILES string of the molecule is O=C(O)/C=C1/CCc2cc3ccccc3n2C1. The van der Waals surface area contributed by atoms with Gasteiger partial charge in [-0.2, -0.15) is 0 Å². The number of aromatic nitrogens is 1. The Morgan fingerprint density at radius 2 is 2.12 bits per heavy atom. The van der Waals surface area contributed by atoms with Crippen molar-refractivity contribution in [3.63, 3.8) is 0 Å². The van der Waals surface area contributed by atoms with Crippen LogP contribution in [0.15, 0.2) is 42.0 Å². The van der Waals surface area contributed by atoms with E-state index in [1.165, 1.54) is 22.7 Å². The van der Waals surface area contributed by atoms with Gasteiger partial charge in [-0.05, 0) is 35.9 Å². The third kappa shape index (κ3) is 1.73. The van der Waals surface area contributed by atoms with Crippen LogP contribution in [-0.4, -0.2) is 15.6 Å². The third-order valence-electron chi connectivity index (χ3n) is 3.29. The summed E-state index contributed by atoms with van der Waals surface area (Å²) in [5.74, 6) is -0.847. The lowest BCUT2D eigenvalue weighted by Crippen LogP contribution is -2.13. The number of hydrogen-bond donors (Lipinski definition) is 1. The van der Waals surface area contributed by atoms with Crippen molar-refractivity contribution in [3.8, 4) is 0 Å². The van der Waals surface area contributed by atoms with Crippen molar-refractivity contribution in [1.82, 2.24) is 4.57 Å². The normalized spacial score (nSPS) is 17.3. The van der Waals surface area contributed by atoms with E-state index in [2.05, 4.69) is 22.8 Å². The molecule has 86 valence electrons. The maximum atomic E-state index is 10.7. The first kappa shape index (κ1) is 10.1. The molecule has 0 bridgehead atoms. The van der Waals surface area contributed by atoms with Crippen LogP contribution in [-0.2, 0) is 17.8 Å². The molecule has 2 aromatic rings. The lowest BCUT2D eigenvalue weighted by Gasteiger charge is -2.18. The van der Waals surface area contributed by atoms with Gasteiger partial charge in [0.25, 0.3) is 0 Å². The maximum Gasteiger partial charge on any atom is 0.328 e. The van der Waals surface area contributed by atoms with Crippen molar-refractivity contribution >= 4 is 16.9 Å². The Labute approximate surface area is 99.0 Å². The average Bonchev–Trinajstić information content (AvgIpc) is 2.66. The summed E-state index contributed by atoms with van der Waals surface area (Å²) < 4.78 is 2.22. The van der Waals surface area contributed by atoms with Crippen molar-refractivity contribution in [3.05, 3.63) is 47.7 Å². The topological polar surface area (TPSA) is 42.2 Å². The summed E-state index contributed by atoms with van der Waals surface area (Å²) >= 11 is 0. The minimum absolute atomic E-state index is 0.704. The van der Waals surface area contributed by atoms with E-state index in [0.29, 0.717) is 6.54 Å². The number of rotatable bonds is 1. The second-order valence-electron chi connectivity index (χ2n) is 4.42. The monoisotopic (exact) mass is 227 g/mol. The van der Waals surface area contributed by atoms with Crippen molar-refractivity contribution in [2.24, 2.45) is 0 Å². The van der Waals surface area contributed by atoms with E-state index in [1.807, 2.05) is 12.1 Å². The molecule has 0 fully saturated rings. The van der Waals surface area contributed by atoms with E-state index in [1.54, 1.807) is 0 Å². The number of hydrogen-bond acceptors (Lipinski definition) is 1. The molecule has 0 aliphatic carbocycles. The fraction of sp³-hybridized carbons (Fsp3) is 0.214. The lowest BCUT2D eigenvalue weighted by atomic mass is 10.0. The van der Waals surface area contributed by atoms with Gasteiger partial charge < -0.3 is 9.67 Å². The zero-order valence-corrected chi connectivity index (χ0v) is 9.39. The average molecular weight is 227 g/mol. The van der Waals surface area contributed by atoms with Crippen molar-refractivity contribution in [2.75, 3.05) is 0 Å². The molecule has 17 heavy (non-hydrogen) atoms. The van der Waals surface area contributed by atoms with Gasteiger partial charge in [-0.3, -0.25) is 0 Å². The van der Waals surface area contributed by atoms with Gasteiger partial charge in [0.2, 0.25) is 0 Å². The Morgan fingerprint density at radius 1 is 1.29 bits per heavy atom. The van der Waals surface area contributed by atoms with Crippen LogP contribution >= 0.6 is 0 Å². The summed E-state index contributed by atoms with van der Waals surface area (Å²) in [7, 11) is 0. The van der Waals surface area contributed by atoms with Crippen LogP contribution in [0.25, 0.3) is 10.9 Å². The van der Waals surface area contributed by atoms with Gasteiger partial charge in [0.1, 0.15) is 0 Å². The van der Waals surface area contributed by atoms with Gasteiger partial charge >= 0.3 is 5.97 Å². The lowest BCUT2D eigenvalue weighted by molar-refractivity contribution is -0.131. The Hall–Kier alpha value is -2.03. The molecule has 1 aromatic heterocycles. The van der Waals surface area contributed by atoms with Crippen LogP contribution in [0, 0.1) is 0 Å². The standard InChI is InChI=1S/C14H13NO2/c16-14(17)7-10-5-6-12-8-11-3-1-2-4-13(11)15(12)9-10/h1-4,7-8H,5-6,9H2,(H,16,17)/b10-7-. The summed E-state index contributed by atoms with van der Waals surface area (Å²) in [6, 6.07) is 10.4. The molecule has 0 atom stereocenters. The second kappa shape index (κ2) is 3.77. The predicted octanol–water partition coefficient (Wildman–Crippen LogP) is 2.60. The van der Waals surface area contributed by atoms with Gasteiger partial charge in [-0.25, -0.2) is 4.79 Å². The van der Waals surface area contributed by atoms with E-state index in [9.17, 15) is 4.79 Å². The van der Waals surface area contributed by atoms with Gasteiger partial charge in [-0.1, -0.05) is 18.2 Å². The van der Waals surface area contributed by atoms with Crippen LogP contribution in [0.4, 0.5) is 0 Å². The molecule has 0 radical (unpaired) electrons. The number of carboxylic acids is 1. The van der Waals surface area contributed by atoms with Crippen LogP contribution < -0.4 is 0 Å². The first-order valence-electron chi connectivity index (χ1n) is 5.73. The van der Waals surface area contributed by atoms with Crippen molar-refractivity contribution in [2.45, 2.75) is 19.4 Å². The maximum absolute atomic E-state index is 10.7. The summed E-state index contributed by atoms with van der Waals surface area (Å²) in [6.07, 6.45) is 3.12. The zero-order valence-electron chi connectivity index (χ0n) is 9.39. The van der Waals surface area contributed by atoms with Crippen LogP contribution in [0.5, 0.6) is 0 Å². The Morgan fingerprint density at radius 3 is 2.94 bits per heavy atom. The molecular formula is C14H13NO2. The second-order valence-corrected chi connectivity index (χ2v) is 4.42.